The van der Waals surface area contributed by atoms with Crippen LogP contribution in [0.15, 0.2) is 30.8 Å². The first kappa shape index (κ1) is 12.6. The predicted octanol–water partition coefficient (Wildman–Crippen LogP) is 2.28. The molecule has 0 radical (unpaired) electrons. The van der Waals surface area contributed by atoms with Crippen molar-refractivity contribution in [2.24, 2.45) is 5.92 Å². The number of ether oxygens (including phenoxy) is 1. The van der Waals surface area contributed by atoms with Crippen LogP contribution in [-0.2, 0) is 4.74 Å². The molecule has 100 valence electrons. The summed E-state index contributed by atoms with van der Waals surface area (Å²) in [6.07, 6.45) is 3.57. The van der Waals surface area contributed by atoms with E-state index in [1.54, 1.807) is 6.08 Å². The van der Waals surface area contributed by atoms with Gasteiger partial charge in [0, 0.05) is 23.6 Å². The van der Waals surface area contributed by atoms with Crippen molar-refractivity contribution in [2.75, 3.05) is 13.2 Å². The average molecular weight is 257 g/mol. The molecule has 1 aromatic carbocycles. The van der Waals surface area contributed by atoms with E-state index < -0.39 is 0 Å². The maximum Gasteiger partial charge on any atom is 0.166 e. The highest BCUT2D eigenvalue weighted by atomic mass is 16.5. The summed E-state index contributed by atoms with van der Waals surface area (Å²) in [5.41, 5.74) is 1.86. The van der Waals surface area contributed by atoms with Crippen molar-refractivity contribution >= 4 is 11.9 Å². The third-order valence-electron chi connectivity index (χ3n) is 4.05. The molecule has 1 aromatic rings. The zero-order valence-corrected chi connectivity index (χ0v) is 11.0. The quantitative estimate of drug-likeness (QED) is 0.844. The highest BCUT2D eigenvalue weighted by Crippen LogP contribution is 2.27. The Balaban J connectivity index is 1.74. The number of ketones is 1. The number of hydrogen-bond acceptors (Lipinski definition) is 3. The lowest BCUT2D eigenvalue weighted by Gasteiger charge is -2.39. The zero-order chi connectivity index (χ0) is 13.2. The Hall–Kier alpha value is -1.45. The molecule has 0 aliphatic carbocycles. The first-order valence-electron chi connectivity index (χ1n) is 6.87. The molecule has 0 saturated carbocycles. The molecule has 0 amide bonds. The van der Waals surface area contributed by atoms with Crippen LogP contribution < -0.4 is 5.32 Å². The fraction of sp³-hybridized carbons (Fsp3) is 0.438. The number of hydrogen-bond donors (Lipinski definition) is 1. The first-order valence-corrected chi connectivity index (χ1v) is 6.87. The number of benzene rings is 1. The van der Waals surface area contributed by atoms with E-state index >= 15 is 0 Å². The fourth-order valence-corrected chi connectivity index (χ4v) is 3.07. The van der Waals surface area contributed by atoms with E-state index in [1.807, 2.05) is 24.3 Å². The Morgan fingerprint density at radius 3 is 2.42 bits per heavy atom. The summed E-state index contributed by atoms with van der Waals surface area (Å²) in [6, 6.07) is 8.40. The van der Waals surface area contributed by atoms with Gasteiger partial charge < -0.3 is 10.1 Å². The molecule has 3 rings (SSSR count). The van der Waals surface area contributed by atoms with E-state index in [2.05, 4.69) is 11.9 Å². The maximum absolute atomic E-state index is 12.5. The second-order valence-corrected chi connectivity index (χ2v) is 5.46. The van der Waals surface area contributed by atoms with Crippen molar-refractivity contribution in [1.29, 1.82) is 0 Å². The van der Waals surface area contributed by atoms with Gasteiger partial charge in [0.2, 0.25) is 0 Å². The van der Waals surface area contributed by atoms with Crippen LogP contribution in [0.5, 0.6) is 0 Å². The van der Waals surface area contributed by atoms with Crippen LogP contribution in [0.3, 0.4) is 0 Å². The highest BCUT2D eigenvalue weighted by molar-refractivity contribution is 5.98. The second kappa shape index (κ2) is 5.27. The van der Waals surface area contributed by atoms with Crippen molar-refractivity contribution in [3.8, 4) is 0 Å². The molecular weight excluding hydrogens is 238 g/mol. The third-order valence-corrected chi connectivity index (χ3v) is 4.05. The van der Waals surface area contributed by atoms with Gasteiger partial charge in [0.1, 0.15) is 0 Å². The van der Waals surface area contributed by atoms with Crippen LogP contribution in [0.1, 0.15) is 28.8 Å². The number of fused-ring (bicyclic) bond motifs is 2. The van der Waals surface area contributed by atoms with Gasteiger partial charge in [-0.1, -0.05) is 36.9 Å². The van der Waals surface area contributed by atoms with Gasteiger partial charge in [0.05, 0.1) is 13.2 Å². The number of morpholine rings is 1. The van der Waals surface area contributed by atoms with Crippen molar-refractivity contribution in [2.45, 2.75) is 24.9 Å². The monoisotopic (exact) mass is 257 g/mol. The van der Waals surface area contributed by atoms with Crippen molar-refractivity contribution in [3.63, 3.8) is 0 Å². The van der Waals surface area contributed by atoms with Crippen LogP contribution in [0.2, 0.25) is 0 Å². The number of Topliss-reactive ketones (excluding diaryl/α,β-unsaturated/α-hetero) is 1. The number of carbonyl (C=O) groups is 1. The summed E-state index contributed by atoms with van der Waals surface area (Å²) in [5.74, 6) is 0.406. The summed E-state index contributed by atoms with van der Waals surface area (Å²) in [5, 5.41) is 3.52. The Kier molecular flexibility index (Phi) is 3.49. The summed E-state index contributed by atoms with van der Waals surface area (Å²) < 4.78 is 5.52. The van der Waals surface area contributed by atoms with Gasteiger partial charge in [0.25, 0.3) is 0 Å². The Morgan fingerprint density at radius 1 is 1.21 bits per heavy atom. The molecule has 0 aromatic heterocycles. The largest absolute Gasteiger partial charge is 0.378 e. The van der Waals surface area contributed by atoms with Crippen LogP contribution in [0, 0.1) is 5.92 Å². The highest BCUT2D eigenvalue weighted by Gasteiger charge is 2.35. The van der Waals surface area contributed by atoms with Crippen LogP contribution in [-0.4, -0.2) is 31.1 Å². The maximum atomic E-state index is 12.5. The first-order chi connectivity index (χ1) is 9.26. The van der Waals surface area contributed by atoms with Crippen LogP contribution in [0.25, 0.3) is 6.08 Å². The van der Waals surface area contributed by atoms with E-state index in [1.165, 1.54) is 0 Å². The minimum atomic E-state index is 0.134. The van der Waals surface area contributed by atoms with Crippen molar-refractivity contribution in [1.82, 2.24) is 5.32 Å². The molecule has 2 aliphatic heterocycles. The van der Waals surface area contributed by atoms with Crippen LogP contribution in [0.4, 0.5) is 0 Å². The van der Waals surface area contributed by atoms with Gasteiger partial charge in [-0.15, -0.1) is 0 Å². The van der Waals surface area contributed by atoms with Crippen molar-refractivity contribution in [3.05, 3.63) is 42.0 Å². The van der Waals surface area contributed by atoms with Crippen LogP contribution >= 0.6 is 0 Å². The summed E-state index contributed by atoms with van der Waals surface area (Å²) in [6.45, 7) is 5.19. The predicted molar refractivity (Wildman–Crippen MR) is 75.1 cm³/mol. The molecule has 3 nitrogen and oxygen atoms in total. The standard InChI is InChI=1S/C16H19NO2/c1-2-11-3-5-12(6-4-11)16(18)13-7-14-9-19-10-15(8-13)17-14/h2-6,13-15,17H,1,7-10H2. The minimum Gasteiger partial charge on any atom is -0.378 e. The van der Waals surface area contributed by atoms with Gasteiger partial charge in [0.15, 0.2) is 5.78 Å². The SMILES string of the molecule is C=Cc1ccc(C(=O)C2CC3COCC(C2)N3)cc1. The van der Waals surface area contributed by atoms with E-state index in [9.17, 15) is 4.79 Å². The minimum absolute atomic E-state index is 0.134. The summed E-state index contributed by atoms with van der Waals surface area (Å²) >= 11 is 0. The van der Waals surface area contributed by atoms with E-state index in [0.717, 1.165) is 37.2 Å². The topological polar surface area (TPSA) is 38.3 Å². The third kappa shape index (κ3) is 2.62. The number of rotatable bonds is 3. The van der Waals surface area contributed by atoms with Gasteiger partial charge in [-0.3, -0.25) is 4.79 Å². The van der Waals surface area contributed by atoms with Gasteiger partial charge in [-0.25, -0.2) is 0 Å². The summed E-state index contributed by atoms with van der Waals surface area (Å²) in [7, 11) is 0. The normalized spacial score (nSPS) is 29.8. The molecule has 19 heavy (non-hydrogen) atoms. The molecule has 2 bridgehead atoms. The average Bonchev–Trinajstić information content (AvgIpc) is 2.46. The molecule has 2 atom stereocenters. The molecule has 2 saturated heterocycles. The number of nitrogens with one attached hydrogen (secondary N) is 1. The Labute approximate surface area is 113 Å². The lowest BCUT2D eigenvalue weighted by molar-refractivity contribution is 0.00953. The molecule has 2 fully saturated rings. The Morgan fingerprint density at radius 2 is 1.84 bits per heavy atom. The van der Waals surface area contributed by atoms with E-state index in [0.29, 0.717) is 12.1 Å². The molecule has 2 heterocycles. The van der Waals surface area contributed by atoms with Gasteiger partial charge in [-0.2, -0.15) is 0 Å². The smallest absolute Gasteiger partial charge is 0.166 e. The molecule has 0 spiro atoms. The fourth-order valence-electron chi connectivity index (χ4n) is 3.07. The van der Waals surface area contributed by atoms with Gasteiger partial charge >= 0.3 is 0 Å². The number of carbonyl (C=O) groups excluding carboxylic acids is 1. The molecule has 3 heteroatoms. The summed E-state index contributed by atoms with van der Waals surface area (Å²) in [4.78, 5) is 12.5. The Bertz CT molecular complexity index is 468. The zero-order valence-electron chi connectivity index (χ0n) is 11.0. The lowest BCUT2D eigenvalue weighted by atomic mass is 9.82. The molecular formula is C16H19NO2. The second-order valence-electron chi connectivity index (χ2n) is 5.46. The van der Waals surface area contributed by atoms with E-state index in [-0.39, 0.29) is 11.7 Å². The molecule has 1 N–H and O–H groups in total. The molecule has 2 aliphatic rings. The van der Waals surface area contributed by atoms with Gasteiger partial charge in [-0.05, 0) is 18.4 Å². The number of piperidine rings is 1. The lowest BCUT2D eigenvalue weighted by Crippen LogP contribution is -2.55. The van der Waals surface area contributed by atoms with Crippen molar-refractivity contribution < 1.29 is 9.53 Å². The molecule has 2 unspecified atom stereocenters. The van der Waals surface area contributed by atoms with E-state index in [4.69, 9.17) is 4.74 Å².